The van der Waals surface area contributed by atoms with Crippen LogP contribution in [0.2, 0.25) is 5.02 Å². The second kappa shape index (κ2) is 12.3. The SMILES string of the molecule is COCCOc1cccc(-c2cccc(C3(c4nc5c(c(=O)[nH]4)CN(C(=O)[C@H](O)c4cccc(Cl)c4)CCC5)CC3)c2)c1. The first-order valence-electron chi connectivity index (χ1n) is 14.6. The highest BCUT2D eigenvalue weighted by Gasteiger charge is 2.49. The van der Waals surface area contributed by atoms with Crippen molar-refractivity contribution in [3.63, 3.8) is 0 Å². The van der Waals surface area contributed by atoms with E-state index in [0.29, 0.717) is 54.6 Å². The highest BCUT2D eigenvalue weighted by atomic mass is 35.5. The first-order chi connectivity index (χ1) is 20.9. The molecule has 6 rings (SSSR count). The van der Waals surface area contributed by atoms with E-state index in [1.54, 1.807) is 31.4 Å². The maximum Gasteiger partial charge on any atom is 0.256 e. The van der Waals surface area contributed by atoms with Crippen LogP contribution in [0.4, 0.5) is 0 Å². The van der Waals surface area contributed by atoms with Crippen LogP contribution >= 0.6 is 11.6 Å². The van der Waals surface area contributed by atoms with E-state index in [2.05, 4.69) is 29.2 Å². The number of aryl methyl sites for hydroxylation is 1. The van der Waals surface area contributed by atoms with Gasteiger partial charge in [-0.05, 0) is 72.2 Å². The summed E-state index contributed by atoms with van der Waals surface area (Å²) in [5.41, 5.74) is 4.23. The van der Waals surface area contributed by atoms with Crippen LogP contribution in [-0.4, -0.2) is 52.7 Å². The van der Waals surface area contributed by atoms with Crippen molar-refractivity contribution in [3.05, 3.63) is 116 Å². The fourth-order valence-electron chi connectivity index (χ4n) is 5.82. The van der Waals surface area contributed by atoms with Gasteiger partial charge in [0.05, 0.1) is 29.8 Å². The van der Waals surface area contributed by atoms with Gasteiger partial charge in [0, 0.05) is 18.7 Å². The molecule has 1 atom stereocenters. The Morgan fingerprint density at radius 1 is 1.07 bits per heavy atom. The molecule has 43 heavy (non-hydrogen) atoms. The highest BCUT2D eigenvalue weighted by Crippen LogP contribution is 2.52. The lowest BCUT2D eigenvalue weighted by Crippen LogP contribution is -2.36. The zero-order chi connectivity index (χ0) is 30.0. The molecule has 0 saturated heterocycles. The predicted molar refractivity (Wildman–Crippen MR) is 164 cm³/mol. The molecule has 8 nitrogen and oxygen atoms in total. The van der Waals surface area contributed by atoms with Crippen molar-refractivity contribution < 1.29 is 19.4 Å². The molecule has 2 aliphatic rings. The van der Waals surface area contributed by atoms with Crippen molar-refractivity contribution >= 4 is 17.5 Å². The molecule has 4 aromatic rings. The summed E-state index contributed by atoms with van der Waals surface area (Å²) in [4.78, 5) is 36.3. The van der Waals surface area contributed by atoms with Crippen LogP contribution in [0.3, 0.4) is 0 Å². The Kier molecular flexibility index (Phi) is 8.34. The molecule has 1 amide bonds. The second-order valence-corrected chi connectivity index (χ2v) is 11.6. The molecule has 222 valence electrons. The van der Waals surface area contributed by atoms with Crippen molar-refractivity contribution in [2.45, 2.75) is 43.7 Å². The first-order valence-corrected chi connectivity index (χ1v) is 14.9. The molecule has 0 radical (unpaired) electrons. The molecule has 9 heteroatoms. The topological polar surface area (TPSA) is 105 Å². The summed E-state index contributed by atoms with van der Waals surface area (Å²) in [6.45, 7) is 1.52. The lowest BCUT2D eigenvalue weighted by Gasteiger charge is -2.24. The maximum absolute atomic E-state index is 13.5. The number of benzene rings is 3. The third-order valence-corrected chi connectivity index (χ3v) is 8.58. The lowest BCUT2D eigenvalue weighted by atomic mass is 9.91. The van der Waals surface area contributed by atoms with Gasteiger partial charge in [-0.25, -0.2) is 4.98 Å². The van der Waals surface area contributed by atoms with E-state index < -0.39 is 12.0 Å². The third-order valence-electron chi connectivity index (χ3n) is 8.34. The van der Waals surface area contributed by atoms with Crippen LogP contribution in [0.15, 0.2) is 77.6 Å². The van der Waals surface area contributed by atoms with E-state index in [0.717, 1.165) is 41.0 Å². The third kappa shape index (κ3) is 6.09. The number of nitrogens with one attached hydrogen (secondary N) is 1. The molecule has 2 heterocycles. The smallest absolute Gasteiger partial charge is 0.256 e. The predicted octanol–water partition coefficient (Wildman–Crippen LogP) is 5.20. The number of ether oxygens (including phenoxy) is 2. The number of amides is 1. The molecule has 2 N–H and O–H groups in total. The molecule has 0 bridgehead atoms. The van der Waals surface area contributed by atoms with Gasteiger partial charge >= 0.3 is 0 Å². The Labute approximate surface area is 255 Å². The summed E-state index contributed by atoms with van der Waals surface area (Å²) in [7, 11) is 1.65. The Hall–Kier alpha value is -3.98. The van der Waals surface area contributed by atoms with Gasteiger partial charge in [0.2, 0.25) is 0 Å². The van der Waals surface area contributed by atoms with Crippen molar-refractivity contribution in [2.24, 2.45) is 0 Å². The summed E-state index contributed by atoms with van der Waals surface area (Å²) < 4.78 is 10.9. The number of aliphatic hydroxyl groups excluding tert-OH is 1. The number of rotatable bonds is 9. The highest BCUT2D eigenvalue weighted by molar-refractivity contribution is 6.30. The molecule has 1 saturated carbocycles. The van der Waals surface area contributed by atoms with Crippen LogP contribution in [-0.2, 0) is 27.9 Å². The van der Waals surface area contributed by atoms with E-state index >= 15 is 0 Å². The summed E-state index contributed by atoms with van der Waals surface area (Å²) in [5.74, 6) is 0.997. The number of carbonyl (C=O) groups excluding carboxylic acids is 1. The molecule has 0 unspecified atom stereocenters. The fourth-order valence-corrected chi connectivity index (χ4v) is 6.02. The molecular formula is C34H34ClN3O5. The van der Waals surface area contributed by atoms with E-state index in [-0.39, 0.29) is 17.5 Å². The summed E-state index contributed by atoms with van der Waals surface area (Å²) >= 11 is 6.06. The molecule has 1 aliphatic carbocycles. The largest absolute Gasteiger partial charge is 0.491 e. The number of carbonyl (C=O) groups is 1. The summed E-state index contributed by atoms with van der Waals surface area (Å²) in [5, 5.41) is 11.2. The van der Waals surface area contributed by atoms with Gasteiger partial charge in [0.25, 0.3) is 11.5 Å². The van der Waals surface area contributed by atoms with Gasteiger partial charge in [0.1, 0.15) is 18.2 Å². The quantitative estimate of drug-likeness (QED) is 0.256. The van der Waals surface area contributed by atoms with E-state index in [1.165, 1.54) is 4.90 Å². The summed E-state index contributed by atoms with van der Waals surface area (Å²) in [6.07, 6.45) is 1.63. The standard InChI is InChI=1S/C34H34ClN3O5/c1-42-16-17-43-27-11-4-7-23(20-27)22-6-2-9-25(18-22)34(13-14-34)33-36-29-12-5-15-38(21-28(29)31(40)37-33)32(41)30(39)24-8-3-10-26(35)19-24/h2-4,6-11,18-20,30,39H,5,12-17,21H2,1H3,(H,36,37,40)/t30-/m1/s1. The number of nitrogens with zero attached hydrogens (tertiary/aromatic N) is 2. The minimum Gasteiger partial charge on any atom is -0.491 e. The van der Waals surface area contributed by atoms with E-state index in [4.69, 9.17) is 26.1 Å². The monoisotopic (exact) mass is 599 g/mol. The minimum atomic E-state index is -1.36. The Morgan fingerprint density at radius 3 is 2.60 bits per heavy atom. The number of hydrogen-bond donors (Lipinski definition) is 2. The van der Waals surface area contributed by atoms with Crippen LogP contribution in [0.1, 0.15) is 53.6 Å². The number of halogens is 1. The average Bonchev–Trinajstić information content (AvgIpc) is 3.86. The first kappa shape index (κ1) is 29.1. The van der Waals surface area contributed by atoms with Gasteiger partial charge in [-0.15, -0.1) is 0 Å². The van der Waals surface area contributed by atoms with E-state index in [9.17, 15) is 14.7 Å². The van der Waals surface area contributed by atoms with Crippen molar-refractivity contribution in [3.8, 4) is 16.9 Å². The van der Waals surface area contributed by atoms with Gasteiger partial charge in [-0.1, -0.05) is 60.1 Å². The maximum atomic E-state index is 13.5. The number of methoxy groups -OCH3 is 1. The van der Waals surface area contributed by atoms with Crippen LogP contribution in [0.5, 0.6) is 5.75 Å². The van der Waals surface area contributed by atoms with Gasteiger partial charge in [-0.2, -0.15) is 0 Å². The van der Waals surface area contributed by atoms with Crippen LogP contribution in [0.25, 0.3) is 11.1 Å². The van der Waals surface area contributed by atoms with Gasteiger partial charge in [-0.3, -0.25) is 9.59 Å². The van der Waals surface area contributed by atoms with E-state index in [1.807, 2.05) is 24.3 Å². The average molecular weight is 600 g/mol. The number of fused-ring (bicyclic) bond motifs is 1. The number of hydrogen-bond acceptors (Lipinski definition) is 6. The minimum absolute atomic E-state index is 0.0969. The zero-order valence-electron chi connectivity index (χ0n) is 24.0. The Balaban J connectivity index is 1.25. The van der Waals surface area contributed by atoms with Crippen LogP contribution < -0.4 is 10.3 Å². The number of aliphatic hydroxyl groups is 1. The number of aromatic amines is 1. The van der Waals surface area contributed by atoms with Crippen LogP contribution in [0, 0.1) is 0 Å². The van der Waals surface area contributed by atoms with Gasteiger partial charge in [0.15, 0.2) is 6.10 Å². The van der Waals surface area contributed by atoms with Gasteiger partial charge < -0.3 is 24.5 Å². The number of H-pyrrole nitrogens is 1. The van der Waals surface area contributed by atoms with Crippen molar-refractivity contribution in [1.29, 1.82) is 0 Å². The lowest BCUT2D eigenvalue weighted by molar-refractivity contribution is -0.141. The van der Waals surface area contributed by atoms with Crippen molar-refractivity contribution in [1.82, 2.24) is 14.9 Å². The zero-order valence-corrected chi connectivity index (χ0v) is 24.8. The normalized spacial score (nSPS) is 16.2. The second-order valence-electron chi connectivity index (χ2n) is 11.2. The molecule has 1 aliphatic heterocycles. The molecular weight excluding hydrogens is 566 g/mol. The Morgan fingerprint density at radius 2 is 1.84 bits per heavy atom. The molecule has 1 fully saturated rings. The number of aromatic nitrogens is 2. The molecule has 0 spiro atoms. The summed E-state index contributed by atoms with van der Waals surface area (Å²) in [6, 6.07) is 23.0. The molecule has 1 aromatic heterocycles. The Bertz CT molecular complexity index is 1700. The molecule has 3 aromatic carbocycles. The van der Waals surface area contributed by atoms with Crippen molar-refractivity contribution in [2.75, 3.05) is 26.9 Å². The fraction of sp³-hybridized carbons (Fsp3) is 0.324.